The Kier molecular flexibility index (Phi) is 3.89. The third-order valence-corrected chi connectivity index (χ3v) is 2.71. The van der Waals surface area contributed by atoms with E-state index < -0.39 is 5.41 Å². The van der Waals surface area contributed by atoms with Crippen molar-refractivity contribution in [2.75, 3.05) is 33.8 Å². The molecule has 1 aliphatic carbocycles. The van der Waals surface area contributed by atoms with Crippen LogP contribution in [0.5, 0.6) is 0 Å². The molecule has 0 saturated heterocycles. The topological polar surface area (TPSA) is 52.6 Å². The second-order valence-electron chi connectivity index (χ2n) is 4.35. The van der Waals surface area contributed by atoms with E-state index in [0.29, 0.717) is 6.54 Å². The highest BCUT2D eigenvalue weighted by atomic mass is 16.3. The van der Waals surface area contributed by atoms with Crippen LogP contribution in [-0.2, 0) is 4.79 Å². The van der Waals surface area contributed by atoms with Crippen LogP contribution in [0.4, 0.5) is 0 Å². The van der Waals surface area contributed by atoms with Crippen molar-refractivity contribution in [3.63, 3.8) is 0 Å². The minimum Gasteiger partial charge on any atom is -0.395 e. The van der Waals surface area contributed by atoms with E-state index in [0.717, 1.165) is 25.8 Å². The lowest BCUT2D eigenvalue weighted by molar-refractivity contribution is -0.127. The van der Waals surface area contributed by atoms with Crippen molar-refractivity contribution >= 4 is 5.91 Å². The first-order valence-electron chi connectivity index (χ1n) is 5.15. The smallest absolute Gasteiger partial charge is 0.228 e. The third-order valence-electron chi connectivity index (χ3n) is 2.71. The number of nitrogens with zero attached hydrogens (tertiary/aromatic N) is 1. The van der Waals surface area contributed by atoms with Crippen molar-refractivity contribution in [3.05, 3.63) is 0 Å². The lowest BCUT2D eigenvalue weighted by Gasteiger charge is -2.13. The highest BCUT2D eigenvalue weighted by Gasteiger charge is 2.48. The van der Waals surface area contributed by atoms with Gasteiger partial charge in [0.05, 0.1) is 12.0 Å². The summed E-state index contributed by atoms with van der Waals surface area (Å²) in [6.07, 6.45) is 2.63. The SMILES string of the molecule is CN(C)CCCNC(=O)C1(CO)CC1. The number of hydrogen-bond donors (Lipinski definition) is 2. The minimum absolute atomic E-state index is 0.00743. The van der Waals surface area contributed by atoms with Gasteiger partial charge in [0.1, 0.15) is 0 Å². The molecule has 0 aromatic heterocycles. The Bertz CT molecular complexity index is 200. The fourth-order valence-corrected chi connectivity index (χ4v) is 1.39. The molecule has 1 amide bonds. The fraction of sp³-hybridized carbons (Fsp3) is 0.900. The predicted molar refractivity (Wildman–Crippen MR) is 54.9 cm³/mol. The van der Waals surface area contributed by atoms with E-state index in [1.807, 2.05) is 14.1 Å². The average Bonchev–Trinajstić information content (AvgIpc) is 2.92. The highest BCUT2D eigenvalue weighted by Crippen LogP contribution is 2.45. The maximum atomic E-state index is 11.5. The number of aliphatic hydroxyl groups excluding tert-OH is 1. The van der Waals surface area contributed by atoms with E-state index in [1.165, 1.54) is 0 Å². The Labute approximate surface area is 85.3 Å². The second-order valence-corrected chi connectivity index (χ2v) is 4.35. The largest absolute Gasteiger partial charge is 0.395 e. The van der Waals surface area contributed by atoms with Crippen LogP contribution in [0, 0.1) is 5.41 Å². The number of carbonyl (C=O) groups is 1. The molecule has 4 nitrogen and oxygen atoms in total. The van der Waals surface area contributed by atoms with Gasteiger partial charge in [-0.15, -0.1) is 0 Å². The summed E-state index contributed by atoms with van der Waals surface area (Å²) < 4.78 is 0. The van der Waals surface area contributed by atoms with Gasteiger partial charge < -0.3 is 15.3 Å². The molecule has 1 saturated carbocycles. The summed E-state index contributed by atoms with van der Waals surface area (Å²) in [6.45, 7) is 1.68. The van der Waals surface area contributed by atoms with Crippen molar-refractivity contribution in [3.8, 4) is 0 Å². The molecule has 1 aliphatic rings. The van der Waals surface area contributed by atoms with Crippen LogP contribution in [0.15, 0.2) is 0 Å². The van der Waals surface area contributed by atoms with Gasteiger partial charge in [-0.2, -0.15) is 0 Å². The monoisotopic (exact) mass is 200 g/mol. The number of rotatable bonds is 6. The summed E-state index contributed by atoms with van der Waals surface area (Å²) >= 11 is 0. The Morgan fingerprint density at radius 1 is 1.50 bits per heavy atom. The summed E-state index contributed by atoms with van der Waals surface area (Å²) in [5, 5.41) is 11.9. The summed E-state index contributed by atoms with van der Waals surface area (Å²) in [5.74, 6) is 0.0266. The maximum Gasteiger partial charge on any atom is 0.228 e. The maximum absolute atomic E-state index is 11.5. The van der Waals surface area contributed by atoms with Gasteiger partial charge in [0.25, 0.3) is 0 Å². The first-order chi connectivity index (χ1) is 6.60. The van der Waals surface area contributed by atoms with E-state index in [4.69, 9.17) is 5.11 Å². The summed E-state index contributed by atoms with van der Waals surface area (Å²) in [5.41, 5.74) is -0.419. The van der Waals surface area contributed by atoms with Gasteiger partial charge in [-0.25, -0.2) is 0 Å². The first kappa shape index (κ1) is 11.5. The van der Waals surface area contributed by atoms with Crippen molar-refractivity contribution < 1.29 is 9.90 Å². The van der Waals surface area contributed by atoms with E-state index in [1.54, 1.807) is 0 Å². The van der Waals surface area contributed by atoms with Crippen LogP contribution in [0.2, 0.25) is 0 Å². The third kappa shape index (κ3) is 2.96. The molecule has 0 aliphatic heterocycles. The van der Waals surface area contributed by atoms with Gasteiger partial charge in [-0.05, 0) is 39.9 Å². The number of nitrogens with one attached hydrogen (secondary N) is 1. The van der Waals surface area contributed by atoms with Gasteiger partial charge in [0, 0.05) is 6.54 Å². The van der Waals surface area contributed by atoms with E-state index in [2.05, 4.69) is 10.2 Å². The normalized spacial score (nSPS) is 18.3. The standard InChI is InChI=1S/C10H20N2O2/c1-12(2)7-3-6-11-9(14)10(8-13)4-5-10/h13H,3-8H2,1-2H3,(H,11,14). The Morgan fingerprint density at radius 2 is 2.14 bits per heavy atom. The molecule has 14 heavy (non-hydrogen) atoms. The molecule has 0 aromatic carbocycles. The second kappa shape index (κ2) is 4.75. The lowest BCUT2D eigenvalue weighted by Crippen LogP contribution is -2.35. The van der Waals surface area contributed by atoms with Crippen LogP contribution < -0.4 is 5.32 Å². The number of amides is 1. The van der Waals surface area contributed by atoms with Crippen LogP contribution in [0.1, 0.15) is 19.3 Å². The number of aliphatic hydroxyl groups is 1. The molecule has 1 rings (SSSR count). The molecule has 4 heteroatoms. The molecule has 0 radical (unpaired) electrons. The number of carbonyl (C=O) groups excluding carboxylic acids is 1. The highest BCUT2D eigenvalue weighted by molar-refractivity contribution is 5.85. The van der Waals surface area contributed by atoms with Gasteiger partial charge in [-0.1, -0.05) is 0 Å². The molecule has 0 atom stereocenters. The van der Waals surface area contributed by atoms with Crippen molar-refractivity contribution in [1.82, 2.24) is 10.2 Å². The predicted octanol–water partition coefficient (Wildman–Crippen LogP) is -0.173. The van der Waals surface area contributed by atoms with Crippen LogP contribution in [0.3, 0.4) is 0 Å². The Hall–Kier alpha value is -0.610. The molecule has 0 aromatic rings. The summed E-state index contributed by atoms with van der Waals surface area (Å²) in [6, 6.07) is 0. The zero-order chi connectivity index (χ0) is 10.6. The van der Waals surface area contributed by atoms with Crippen LogP contribution >= 0.6 is 0 Å². The van der Waals surface area contributed by atoms with Crippen molar-refractivity contribution in [2.45, 2.75) is 19.3 Å². The average molecular weight is 200 g/mol. The van der Waals surface area contributed by atoms with Crippen LogP contribution in [0.25, 0.3) is 0 Å². The fourth-order valence-electron chi connectivity index (χ4n) is 1.39. The molecule has 0 heterocycles. The van der Waals surface area contributed by atoms with Gasteiger partial charge in [0.2, 0.25) is 5.91 Å². The minimum atomic E-state index is -0.419. The zero-order valence-electron chi connectivity index (χ0n) is 9.05. The lowest BCUT2D eigenvalue weighted by atomic mass is 10.1. The molecular formula is C10H20N2O2. The molecular weight excluding hydrogens is 180 g/mol. The Morgan fingerprint density at radius 3 is 2.57 bits per heavy atom. The quantitative estimate of drug-likeness (QED) is 0.585. The first-order valence-corrected chi connectivity index (χ1v) is 5.15. The molecule has 0 bridgehead atoms. The van der Waals surface area contributed by atoms with Crippen molar-refractivity contribution in [1.29, 1.82) is 0 Å². The van der Waals surface area contributed by atoms with Gasteiger partial charge in [0.15, 0.2) is 0 Å². The summed E-state index contributed by atoms with van der Waals surface area (Å²) in [4.78, 5) is 13.6. The van der Waals surface area contributed by atoms with E-state index in [-0.39, 0.29) is 12.5 Å². The summed E-state index contributed by atoms with van der Waals surface area (Å²) in [7, 11) is 4.02. The Balaban J connectivity index is 2.10. The van der Waals surface area contributed by atoms with Gasteiger partial charge in [-0.3, -0.25) is 4.79 Å². The zero-order valence-corrected chi connectivity index (χ0v) is 9.05. The molecule has 82 valence electrons. The number of hydrogen-bond acceptors (Lipinski definition) is 3. The molecule has 0 spiro atoms. The van der Waals surface area contributed by atoms with Gasteiger partial charge >= 0.3 is 0 Å². The molecule has 0 unspecified atom stereocenters. The van der Waals surface area contributed by atoms with E-state index in [9.17, 15) is 4.79 Å². The molecule has 1 fully saturated rings. The van der Waals surface area contributed by atoms with E-state index >= 15 is 0 Å². The van der Waals surface area contributed by atoms with Crippen LogP contribution in [-0.4, -0.2) is 49.7 Å². The molecule has 2 N–H and O–H groups in total. The van der Waals surface area contributed by atoms with Crippen molar-refractivity contribution in [2.24, 2.45) is 5.41 Å².